The fraction of sp³-hybridized carbons (Fsp3) is 0.455. The third kappa shape index (κ3) is 4.32. The molecule has 8 heteroatoms. The van der Waals surface area contributed by atoms with E-state index >= 15 is 0 Å². The number of nitrogens with zero attached hydrogens (tertiary/aromatic N) is 1. The molecule has 0 aliphatic rings. The minimum Gasteiger partial charge on any atom is -0.207 e. The van der Waals surface area contributed by atoms with Crippen LogP contribution in [0.2, 0.25) is 0 Å². The highest BCUT2D eigenvalue weighted by atomic mass is 79.9. The molecule has 0 heterocycles. The molecule has 1 aromatic rings. The highest BCUT2D eigenvalue weighted by Gasteiger charge is 2.26. The third-order valence-corrected chi connectivity index (χ3v) is 6.55. The van der Waals surface area contributed by atoms with Gasteiger partial charge in [0, 0.05) is 33.8 Å². The van der Waals surface area contributed by atoms with E-state index in [4.69, 9.17) is 23.2 Å². The number of sulfonamides is 1. The maximum Gasteiger partial charge on any atom is 0.244 e. The van der Waals surface area contributed by atoms with Crippen LogP contribution in [0.3, 0.4) is 0 Å². The second kappa shape index (κ2) is 7.61. The molecule has 0 N–H and O–H groups in total. The summed E-state index contributed by atoms with van der Waals surface area (Å²) in [6.45, 7) is 2.35. The van der Waals surface area contributed by atoms with Gasteiger partial charge in [0.15, 0.2) is 0 Å². The minimum atomic E-state index is -3.61. The van der Waals surface area contributed by atoms with Crippen LogP contribution in [0.25, 0.3) is 0 Å². The van der Waals surface area contributed by atoms with Crippen molar-refractivity contribution in [3.05, 3.63) is 26.6 Å². The highest BCUT2D eigenvalue weighted by molar-refractivity contribution is 9.11. The average Bonchev–Trinajstić information content (AvgIpc) is 2.33. The molecule has 0 spiro atoms. The molecule has 1 aromatic carbocycles. The first kappa shape index (κ1) is 17.7. The van der Waals surface area contributed by atoms with Gasteiger partial charge in [-0.25, -0.2) is 8.42 Å². The van der Waals surface area contributed by atoms with Gasteiger partial charge in [0.25, 0.3) is 0 Å². The van der Waals surface area contributed by atoms with Crippen molar-refractivity contribution in [1.29, 1.82) is 0 Å². The van der Waals surface area contributed by atoms with Gasteiger partial charge in [-0.2, -0.15) is 4.31 Å². The van der Waals surface area contributed by atoms with Crippen LogP contribution in [-0.4, -0.2) is 37.6 Å². The summed E-state index contributed by atoms with van der Waals surface area (Å²) in [6, 6.07) is 3.35. The lowest BCUT2D eigenvalue weighted by molar-refractivity contribution is 0.448. The van der Waals surface area contributed by atoms with Crippen LogP contribution in [0.1, 0.15) is 5.56 Å². The first-order chi connectivity index (χ1) is 8.84. The summed E-state index contributed by atoms with van der Waals surface area (Å²) >= 11 is 17.9. The molecule has 0 aromatic heterocycles. The van der Waals surface area contributed by atoms with E-state index in [0.717, 1.165) is 10.0 Å². The molecule has 108 valence electrons. The molecule has 0 atom stereocenters. The van der Waals surface area contributed by atoms with Gasteiger partial charge in [0.05, 0.1) is 4.90 Å². The fourth-order valence-corrected chi connectivity index (χ4v) is 5.19. The lowest BCUT2D eigenvalue weighted by Crippen LogP contribution is -2.34. The van der Waals surface area contributed by atoms with Crippen LogP contribution in [0, 0.1) is 6.92 Å². The predicted molar refractivity (Wildman–Crippen MR) is 86.8 cm³/mol. The van der Waals surface area contributed by atoms with Crippen molar-refractivity contribution < 1.29 is 8.42 Å². The molecule has 1 rings (SSSR count). The quantitative estimate of drug-likeness (QED) is 0.611. The fourth-order valence-electron chi connectivity index (χ4n) is 1.51. The van der Waals surface area contributed by atoms with Crippen molar-refractivity contribution in [2.24, 2.45) is 0 Å². The van der Waals surface area contributed by atoms with Crippen LogP contribution < -0.4 is 0 Å². The van der Waals surface area contributed by atoms with E-state index in [9.17, 15) is 8.42 Å². The maximum atomic E-state index is 12.6. The van der Waals surface area contributed by atoms with E-state index in [1.54, 1.807) is 12.1 Å². The van der Waals surface area contributed by atoms with E-state index in [-0.39, 0.29) is 29.7 Å². The molecule has 3 nitrogen and oxygen atoms in total. The van der Waals surface area contributed by atoms with Crippen molar-refractivity contribution in [2.45, 2.75) is 11.8 Å². The largest absolute Gasteiger partial charge is 0.244 e. The average molecular weight is 454 g/mol. The van der Waals surface area contributed by atoms with Gasteiger partial charge in [0.1, 0.15) is 0 Å². The second-order valence-electron chi connectivity index (χ2n) is 3.81. The Morgan fingerprint density at radius 2 is 1.63 bits per heavy atom. The Morgan fingerprint density at radius 3 is 2.11 bits per heavy atom. The maximum absolute atomic E-state index is 12.6. The van der Waals surface area contributed by atoms with E-state index in [1.165, 1.54) is 4.31 Å². The summed E-state index contributed by atoms with van der Waals surface area (Å²) in [6.07, 6.45) is 0. The molecule has 19 heavy (non-hydrogen) atoms. The summed E-state index contributed by atoms with van der Waals surface area (Å²) in [5, 5.41) is 0. The molecule has 0 fully saturated rings. The Kier molecular flexibility index (Phi) is 7.10. The lowest BCUT2D eigenvalue weighted by atomic mass is 10.2. The van der Waals surface area contributed by atoms with Gasteiger partial charge in [-0.3, -0.25) is 0 Å². The zero-order valence-electron chi connectivity index (χ0n) is 10.2. The molecule has 0 saturated carbocycles. The predicted octanol–water partition coefficient (Wildman–Crippen LogP) is 3.99. The van der Waals surface area contributed by atoms with Crippen LogP contribution in [0.4, 0.5) is 0 Å². The Hall–Kier alpha value is 0.670. The molecule has 0 bridgehead atoms. The molecular formula is C11H13Br2Cl2NO2S. The number of aryl methyl sites for hydroxylation is 1. The zero-order chi connectivity index (χ0) is 14.6. The Morgan fingerprint density at radius 1 is 1.11 bits per heavy atom. The number of alkyl halides is 2. The van der Waals surface area contributed by atoms with Crippen molar-refractivity contribution in [3.63, 3.8) is 0 Å². The number of hydrogen-bond acceptors (Lipinski definition) is 2. The first-order valence-corrected chi connectivity index (χ1v) is 9.51. The molecule has 0 saturated heterocycles. The SMILES string of the molecule is Cc1cc(Br)c(S(=O)(=O)N(CCCl)CCCl)cc1Br. The molecular weight excluding hydrogens is 441 g/mol. The van der Waals surface area contributed by atoms with Crippen molar-refractivity contribution in [2.75, 3.05) is 24.8 Å². The Balaban J connectivity index is 3.28. The van der Waals surface area contributed by atoms with Crippen LogP contribution >= 0.6 is 55.1 Å². The first-order valence-electron chi connectivity index (χ1n) is 5.42. The standard InChI is InChI=1S/C11H13Br2Cl2NO2S/c1-8-6-10(13)11(7-9(8)12)19(17,18)16(4-2-14)5-3-15/h6-7H,2-5H2,1H3. The van der Waals surface area contributed by atoms with E-state index < -0.39 is 10.0 Å². The number of benzene rings is 1. The van der Waals surface area contributed by atoms with Gasteiger partial charge in [-0.15, -0.1) is 23.2 Å². The highest BCUT2D eigenvalue weighted by Crippen LogP contribution is 2.30. The smallest absolute Gasteiger partial charge is 0.207 e. The van der Waals surface area contributed by atoms with Gasteiger partial charge in [-0.1, -0.05) is 15.9 Å². The summed E-state index contributed by atoms with van der Waals surface area (Å²) in [7, 11) is -3.61. The summed E-state index contributed by atoms with van der Waals surface area (Å²) in [4.78, 5) is 0.209. The third-order valence-electron chi connectivity index (χ3n) is 2.50. The lowest BCUT2D eigenvalue weighted by Gasteiger charge is -2.21. The number of hydrogen-bond donors (Lipinski definition) is 0. The van der Waals surface area contributed by atoms with E-state index in [2.05, 4.69) is 31.9 Å². The van der Waals surface area contributed by atoms with Crippen LogP contribution in [-0.2, 0) is 10.0 Å². The van der Waals surface area contributed by atoms with Gasteiger partial charge in [-0.05, 0) is 40.5 Å². The summed E-state index contributed by atoms with van der Waals surface area (Å²) in [5.41, 5.74) is 0.951. The summed E-state index contributed by atoms with van der Waals surface area (Å²) in [5.74, 6) is 0.446. The monoisotopic (exact) mass is 451 g/mol. The van der Waals surface area contributed by atoms with Gasteiger partial charge >= 0.3 is 0 Å². The van der Waals surface area contributed by atoms with E-state index in [1.807, 2.05) is 6.92 Å². The summed E-state index contributed by atoms with van der Waals surface area (Å²) < 4.78 is 27.7. The van der Waals surface area contributed by atoms with Crippen LogP contribution in [0.15, 0.2) is 26.0 Å². The Bertz CT molecular complexity index is 546. The topological polar surface area (TPSA) is 37.4 Å². The van der Waals surface area contributed by atoms with Crippen LogP contribution in [0.5, 0.6) is 0 Å². The van der Waals surface area contributed by atoms with Crippen molar-refractivity contribution in [3.8, 4) is 0 Å². The number of halogens is 4. The van der Waals surface area contributed by atoms with Gasteiger partial charge in [0.2, 0.25) is 10.0 Å². The Labute approximate surface area is 140 Å². The molecule has 0 amide bonds. The second-order valence-corrected chi connectivity index (χ2v) is 8.18. The van der Waals surface area contributed by atoms with Crippen molar-refractivity contribution in [1.82, 2.24) is 4.31 Å². The molecule has 0 radical (unpaired) electrons. The molecule has 0 unspecified atom stereocenters. The molecule has 0 aliphatic carbocycles. The van der Waals surface area contributed by atoms with E-state index in [0.29, 0.717) is 4.47 Å². The normalized spacial score (nSPS) is 12.1. The van der Waals surface area contributed by atoms with Gasteiger partial charge < -0.3 is 0 Å². The van der Waals surface area contributed by atoms with Crippen molar-refractivity contribution >= 4 is 65.1 Å². The number of rotatable bonds is 6. The molecule has 0 aliphatic heterocycles. The zero-order valence-corrected chi connectivity index (χ0v) is 15.7. The minimum absolute atomic E-state index is 0.209.